The van der Waals surface area contributed by atoms with Gasteiger partial charge in [0, 0.05) is 36.6 Å². The lowest BCUT2D eigenvalue weighted by Gasteiger charge is -2.21. The molecule has 0 spiro atoms. The van der Waals surface area contributed by atoms with Crippen molar-refractivity contribution in [3.8, 4) is 0 Å². The van der Waals surface area contributed by atoms with Crippen molar-refractivity contribution >= 4 is 63.1 Å². The van der Waals surface area contributed by atoms with Crippen LogP contribution in [0.3, 0.4) is 0 Å². The van der Waals surface area contributed by atoms with E-state index < -0.39 is 10.1 Å². The number of nitrogens with one attached hydrogen (secondary N) is 3. The van der Waals surface area contributed by atoms with Gasteiger partial charge in [-0.15, -0.1) is 0 Å². The number of hydrogen-bond donors (Lipinski definition) is 6. The van der Waals surface area contributed by atoms with Crippen molar-refractivity contribution in [2.75, 3.05) is 47.2 Å². The monoisotopic (exact) mass is 732 g/mol. The highest BCUT2D eigenvalue weighted by Crippen LogP contribution is 2.26. The SMILES string of the molecule is O=S(=O)(O)c1cc(Nc2nc(Cc3ccccc3)nc(N(CCO)CCO)n2)ccc1/C=C/c1ccc(Nc2ncnc(Nc3ccccc3)n2)cc1. The first-order valence-corrected chi connectivity index (χ1v) is 17.9. The molecule has 0 saturated heterocycles. The number of aliphatic hydroxyl groups excluding tert-OH is 2. The molecule has 0 radical (unpaired) electrons. The van der Waals surface area contributed by atoms with Gasteiger partial charge in [0.25, 0.3) is 10.1 Å². The molecule has 16 heteroatoms. The lowest BCUT2D eigenvalue weighted by atomic mass is 10.1. The Hall–Kier alpha value is -6.33. The first-order valence-electron chi connectivity index (χ1n) is 16.5. The second kappa shape index (κ2) is 17.3. The number of nitrogens with zero attached hydrogens (tertiary/aromatic N) is 7. The van der Waals surface area contributed by atoms with Gasteiger partial charge in [0.05, 0.1) is 13.2 Å². The highest BCUT2D eigenvalue weighted by atomic mass is 32.2. The second-order valence-electron chi connectivity index (χ2n) is 11.5. The fourth-order valence-electron chi connectivity index (χ4n) is 5.18. The van der Waals surface area contributed by atoms with Crippen molar-refractivity contribution in [2.45, 2.75) is 11.3 Å². The van der Waals surface area contributed by atoms with E-state index in [4.69, 9.17) is 0 Å². The summed E-state index contributed by atoms with van der Waals surface area (Å²) in [4.78, 5) is 27.6. The topological polar surface area (TPSA) is 212 Å². The molecule has 0 fully saturated rings. The Balaban J connectivity index is 1.19. The third-order valence-electron chi connectivity index (χ3n) is 7.67. The molecule has 0 saturated carbocycles. The summed E-state index contributed by atoms with van der Waals surface area (Å²) in [5.41, 5.74) is 3.83. The Labute approximate surface area is 306 Å². The molecule has 53 heavy (non-hydrogen) atoms. The molecule has 270 valence electrons. The highest BCUT2D eigenvalue weighted by Gasteiger charge is 2.18. The Bertz CT molecular complexity index is 2260. The van der Waals surface area contributed by atoms with E-state index in [2.05, 4.69) is 45.9 Å². The Kier molecular flexibility index (Phi) is 11.9. The molecular weight excluding hydrogens is 697 g/mol. The summed E-state index contributed by atoms with van der Waals surface area (Å²) in [6.45, 7) is -0.0280. The van der Waals surface area contributed by atoms with Gasteiger partial charge < -0.3 is 31.1 Å². The van der Waals surface area contributed by atoms with Crippen molar-refractivity contribution in [1.29, 1.82) is 0 Å². The fraction of sp³-hybridized carbons (Fsp3) is 0.135. The minimum atomic E-state index is -4.65. The normalized spacial score (nSPS) is 11.4. The third-order valence-corrected chi connectivity index (χ3v) is 8.58. The van der Waals surface area contributed by atoms with E-state index in [1.165, 1.54) is 12.4 Å². The summed E-state index contributed by atoms with van der Waals surface area (Å²) < 4.78 is 35.2. The quantitative estimate of drug-likeness (QED) is 0.0565. The summed E-state index contributed by atoms with van der Waals surface area (Å²) in [5, 5.41) is 28.5. The van der Waals surface area contributed by atoms with Gasteiger partial charge in [-0.1, -0.05) is 78.9 Å². The minimum Gasteiger partial charge on any atom is -0.395 e. The van der Waals surface area contributed by atoms with E-state index in [1.807, 2.05) is 84.9 Å². The zero-order valence-corrected chi connectivity index (χ0v) is 29.1. The second-order valence-corrected chi connectivity index (χ2v) is 12.9. The van der Waals surface area contributed by atoms with Crippen LogP contribution in [-0.2, 0) is 16.5 Å². The summed E-state index contributed by atoms with van der Waals surface area (Å²) in [5.74, 6) is 1.49. The van der Waals surface area contributed by atoms with E-state index in [0.29, 0.717) is 29.8 Å². The molecule has 6 aromatic rings. The molecule has 0 bridgehead atoms. The molecule has 6 rings (SSSR count). The highest BCUT2D eigenvalue weighted by molar-refractivity contribution is 7.86. The largest absolute Gasteiger partial charge is 0.395 e. The lowest BCUT2D eigenvalue weighted by molar-refractivity contribution is 0.280. The minimum absolute atomic E-state index is 0.112. The molecule has 2 heterocycles. The van der Waals surface area contributed by atoms with Crippen molar-refractivity contribution in [1.82, 2.24) is 29.9 Å². The van der Waals surface area contributed by atoms with Crippen LogP contribution < -0.4 is 20.9 Å². The number of anilines is 7. The fourth-order valence-corrected chi connectivity index (χ4v) is 5.89. The number of aromatic nitrogens is 6. The molecule has 0 aliphatic rings. The number of hydrogen-bond acceptors (Lipinski definition) is 14. The van der Waals surface area contributed by atoms with Gasteiger partial charge in [0.15, 0.2) is 0 Å². The predicted molar refractivity (Wildman–Crippen MR) is 203 cm³/mol. The molecule has 2 aromatic heterocycles. The molecule has 0 amide bonds. The van der Waals surface area contributed by atoms with Gasteiger partial charge in [0.2, 0.25) is 23.8 Å². The number of para-hydroxylation sites is 1. The molecule has 15 nitrogen and oxygen atoms in total. The molecular formula is C37H36N10O5S. The average Bonchev–Trinajstić information content (AvgIpc) is 3.15. The van der Waals surface area contributed by atoms with Gasteiger partial charge in [-0.3, -0.25) is 4.55 Å². The van der Waals surface area contributed by atoms with Crippen LogP contribution in [0.5, 0.6) is 0 Å². The van der Waals surface area contributed by atoms with Crippen molar-refractivity contribution < 1.29 is 23.2 Å². The number of rotatable bonds is 16. The zero-order chi connectivity index (χ0) is 37.0. The van der Waals surface area contributed by atoms with Gasteiger partial charge in [-0.25, -0.2) is 9.97 Å². The van der Waals surface area contributed by atoms with Crippen LogP contribution in [0.15, 0.2) is 114 Å². The van der Waals surface area contributed by atoms with E-state index in [-0.39, 0.29) is 48.7 Å². The summed E-state index contributed by atoms with van der Waals surface area (Å²) in [7, 11) is -4.65. The summed E-state index contributed by atoms with van der Waals surface area (Å²) >= 11 is 0. The maximum absolute atomic E-state index is 12.5. The lowest BCUT2D eigenvalue weighted by Crippen LogP contribution is -2.32. The maximum Gasteiger partial charge on any atom is 0.295 e. The molecule has 0 aliphatic heterocycles. The first-order chi connectivity index (χ1) is 25.7. The zero-order valence-electron chi connectivity index (χ0n) is 28.3. The van der Waals surface area contributed by atoms with E-state index in [1.54, 1.807) is 29.2 Å². The molecule has 0 atom stereocenters. The smallest absolute Gasteiger partial charge is 0.295 e. The number of aliphatic hydroxyl groups is 2. The Morgan fingerprint density at radius 1 is 0.642 bits per heavy atom. The van der Waals surface area contributed by atoms with Crippen LogP contribution in [-0.4, -0.2) is 79.4 Å². The molecule has 6 N–H and O–H groups in total. The van der Waals surface area contributed by atoms with E-state index in [0.717, 1.165) is 22.5 Å². The van der Waals surface area contributed by atoms with Crippen LogP contribution >= 0.6 is 0 Å². The van der Waals surface area contributed by atoms with Crippen LogP contribution in [0.1, 0.15) is 22.5 Å². The van der Waals surface area contributed by atoms with Crippen molar-refractivity contribution in [2.24, 2.45) is 0 Å². The maximum atomic E-state index is 12.5. The van der Waals surface area contributed by atoms with Crippen LogP contribution in [0.2, 0.25) is 0 Å². The standard InChI is InChI=1S/C37H36N10O5S/c48-21-19-47(20-22-49)37-44-33(23-27-7-3-1-4-8-27)43-36(46-37)42-31-18-15-28(32(24-31)53(50,51)52)14-11-26-12-16-30(17-13-26)41-35-39-25-38-34(45-35)40-29-9-5-2-6-10-29/h1-18,24-25,48-49H,19-23H2,(H,50,51,52)(H,42,43,44,46)(H2,38,39,40,41,45)/b14-11+. The molecule has 0 aliphatic carbocycles. The molecule has 0 unspecified atom stereocenters. The van der Waals surface area contributed by atoms with Crippen LogP contribution in [0.4, 0.5) is 40.9 Å². The van der Waals surface area contributed by atoms with Crippen LogP contribution in [0.25, 0.3) is 12.2 Å². The Morgan fingerprint density at radius 2 is 1.25 bits per heavy atom. The van der Waals surface area contributed by atoms with Gasteiger partial charge in [0.1, 0.15) is 17.0 Å². The molecule has 4 aromatic carbocycles. The number of benzene rings is 4. The van der Waals surface area contributed by atoms with Crippen LogP contribution in [0, 0.1) is 0 Å². The van der Waals surface area contributed by atoms with Gasteiger partial charge in [-0.05, 0) is 53.1 Å². The average molecular weight is 733 g/mol. The predicted octanol–water partition coefficient (Wildman–Crippen LogP) is 5.09. The van der Waals surface area contributed by atoms with E-state index >= 15 is 0 Å². The van der Waals surface area contributed by atoms with Crippen molar-refractivity contribution in [3.63, 3.8) is 0 Å². The summed E-state index contributed by atoms with van der Waals surface area (Å²) in [6.07, 6.45) is 5.08. The van der Waals surface area contributed by atoms with Gasteiger partial charge in [-0.2, -0.15) is 28.4 Å². The summed E-state index contributed by atoms with van der Waals surface area (Å²) in [6, 6.07) is 30.9. The van der Waals surface area contributed by atoms with Crippen molar-refractivity contribution in [3.05, 3.63) is 132 Å². The van der Waals surface area contributed by atoms with E-state index in [9.17, 15) is 23.2 Å². The Morgan fingerprint density at radius 3 is 1.89 bits per heavy atom. The third kappa shape index (κ3) is 10.4. The van der Waals surface area contributed by atoms with Gasteiger partial charge >= 0.3 is 0 Å². The first kappa shape index (κ1) is 36.5.